The molecule has 7 nitrogen and oxygen atoms in total. The number of anilines is 2. The minimum absolute atomic E-state index is 0.180. The van der Waals surface area contributed by atoms with Crippen LogP contribution in [0.1, 0.15) is 18.1 Å². The maximum absolute atomic E-state index is 12.3. The van der Waals surface area contributed by atoms with E-state index < -0.39 is 6.09 Å². The Morgan fingerprint density at radius 2 is 1.68 bits per heavy atom. The van der Waals surface area contributed by atoms with Gasteiger partial charge in [0.05, 0.1) is 36.5 Å². The van der Waals surface area contributed by atoms with Gasteiger partial charge in [-0.15, -0.1) is 0 Å². The first-order valence-electron chi connectivity index (χ1n) is 9.36. The highest BCUT2D eigenvalue weighted by Crippen LogP contribution is 2.36. The first kappa shape index (κ1) is 17.2. The van der Waals surface area contributed by atoms with Crippen molar-refractivity contribution in [2.24, 2.45) is 0 Å². The lowest BCUT2D eigenvalue weighted by molar-refractivity contribution is 0.0975. The number of nitrogens with zero attached hydrogens (tertiary/aromatic N) is 3. The van der Waals surface area contributed by atoms with Gasteiger partial charge in [-0.3, -0.25) is 4.90 Å². The molecule has 0 fully saturated rings. The van der Waals surface area contributed by atoms with Crippen LogP contribution in [0.3, 0.4) is 0 Å². The van der Waals surface area contributed by atoms with E-state index in [1.165, 1.54) is 4.90 Å². The van der Waals surface area contributed by atoms with Gasteiger partial charge in [0.1, 0.15) is 13.5 Å². The predicted molar refractivity (Wildman–Crippen MR) is 106 cm³/mol. The number of rotatable bonds is 1. The lowest BCUT2D eigenvalue weighted by atomic mass is 10.0. The molecule has 0 aliphatic carbocycles. The molecule has 28 heavy (non-hydrogen) atoms. The Bertz CT molecular complexity index is 1100. The molecule has 3 heterocycles. The quantitative estimate of drug-likeness (QED) is 0.600. The van der Waals surface area contributed by atoms with Crippen molar-refractivity contribution in [2.75, 3.05) is 36.9 Å². The Labute approximate surface area is 162 Å². The molecular formula is C21H21N3O4. The number of carbonyl (C=O) groups is 1. The van der Waals surface area contributed by atoms with E-state index in [-0.39, 0.29) is 6.73 Å². The molecule has 5 rings (SSSR count). The first-order chi connectivity index (χ1) is 13.7. The molecule has 0 spiro atoms. The minimum Gasteiger partial charge on any atom is -0.449 e. The van der Waals surface area contributed by atoms with Crippen molar-refractivity contribution in [2.45, 2.75) is 20.1 Å². The van der Waals surface area contributed by atoms with E-state index in [1.807, 2.05) is 19.2 Å². The summed E-state index contributed by atoms with van der Waals surface area (Å²) in [5.74, 6) is 0. The van der Waals surface area contributed by atoms with Gasteiger partial charge in [0.2, 0.25) is 0 Å². The number of benzene rings is 2. The topological polar surface area (TPSA) is 64.1 Å². The Hall–Kier alpha value is -2.90. The van der Waals surface area contributed by atoms with Crippen molar-refractivity contribution in [1.29, 1.82) is 0 Å². The number of hydrogen-bond donors (Lipinski definition) is 0. The van der Waals surface area contributed by atoms with Crippen LogP contribution in [0.25, 0.3) is 21.8 Å². The van der Waals surface area contributed by atoms with E-state index in [2.05, 4.69) is 23.1 Å². The molecule has 0 unspecified atom stereocenters. The SMILES string of the molecule is CCOC(=O)N1COCc2c1ccc1cc3ccc4c(c3nc21)COCN4C. The van der Waals surface area contributed by atoms with Gasteiger partial charge in [0.25, 0.3) is 0 Å². The molecule has 0 saturated carbocycles. The van der Waals surface area contributed by atoms with E-state index >= 15 is 0 Å². The van der Waals surface area contributed by atoms with Crippen LogP contribution < -0.4 is 9.80 Å². The Morgan fingerprint density at radius 3 is 2.39 bits per heavy atom. The fourth-order valence-electron chi connectivity index (χ4n) is 3.97. The van der Waals surface area contributed by atoms with Crippen molar-refractivity contribution in [3.05, 3.63) is 41.5 Å². The summed E-state index contributed by atoms with van der Waals surface area (Å²) in [6.45, 7) is 3.81. The third-order valence-electron chi connectivity index (χ3n) is 5.30. The van der Waals surface area contributed by atoms with Crippen LogP contribution in [0.2, 0.25) is 0 Å². The number of pyridine rings is 1. The Balaban J connectivity index is 1.72. The lowest BCUT2D eigenvalue weighted by Crippen LogP contribution is -2.37. The molecule has 0 atom stereocenters. The van der Waals surface area contributed by atoms with E-state index in [0.717, 1.165) is 44.3 Å². The van der Waals surface area contributed by atoms with Crippen LogP contribution in [0, 0.1) is 0 Å². The molecule has 0 bridgehead atoms. The molecule has 2 aromatic carbocycles. The average molecular weight is 379 g/mol. The largest absolute Gasteiger partial charge is 0.449 e. The Morgan fingerprint density at radius 1 is 1.04 bits per heavy atom. The van der Waals surface area contributed by atoms with E-state index in [4.69, 9.17) is 19.2 Å². The third kappa shape index (κ3) is 2.58. The molecule has 0 N–H and O–H groups in total. The number of carbonyl (C=O) groups excluding carboxylic acids is 1. The van der Waals surface area contributed by atoms with Crippen molar-refractivity contribution in [3.8, 4) is 0 Å². The summed E-state index contributed by atoms with van der Waals surface area (Å²) in [4.78, 5) is 20.9. The summed E-state index contributed by atoms with van der Waals surface area (Å²) < 4.78 is 16.6. The van der Waals surface area contributed by atoms with Gasteiger partial charge < -0.3 is 19.1 Å². The maximum atomic E-state index is 12.3. The number of hydrogen-bond acceptors (Lipinski definition) is 6. The Kier molecular flexibility index (Phi) is 4.07. The molecule has 144 valence electrons. The smallest absolute Gasteiger partial charge is 0.416 e. The summed E-state index contributed by atoms with van der Waals surface area (Å²) in [5, 5.41) is 2.09. The molecule has 3 aromatic rings. The molecule has 2 aliphatic heterocycles. The number of fused-ring (bicyclic) bond motifs is 6. The van der Waals surface area contributed by atoms with Crippen molar-refractivity contribution in [3.63, 3.8) is 0 Å². The third-order valence-corrected chi connectivity index (χ3v) is 5.30. The summed E-state index contributed by atoms with van der Waals surface area (Å²) in [5.41, 5.74) is 5.70. The normalized spacial score (nSPS) is 16.2. The van der Waals surface area contributed by atoms with Crippen molar-refractivity contribution < 1.29 is 19.0 Å². The molecule has 2 aliphatic rings. The van der Waals surface area contributed by atoms with Crippen molar-refractivity contribution >= 4 is 39.3 Å². The van der Waals surface area contributed by atoms with Gasteiger partial charge in [-0.25, -0.2) is 9.78 Å². The zero-order chi connectivity index (χ0) is 19.3. The fourth-order valence-corrected chi connectivity index (χ4v) is 3.97. The lowest BCUT2D eigenvalue weighted by Gasteiger charge is -2.30. The van der Waals surface area contributed by atoms with Gasteiger partial charge in [0, 0.05) is 34.6 Å². The second-order valence-corrected chi connectivity index (χ2v) is 7.04. The highest BCUT2D eigenvalue weighted by atomic mass is 16.6. The van der Waals surface area contributed by atoms with Gasteiger partial charge in [0.15, 0.2) is 0 Å². The zero-order valence-electron chi connectivity index (χ0n) is 15.9. The average Bonchev–Trinajstić information content (AvgIpc) is 2.72. The number of amides is 1. The second kappa shape index (κ2) is 6.61. The molecular weight excluding hydrogens is 358 g/mol. The minimum atomic E-state index is -0.406. The van der Waals surface area contributed by atoms with Crippen LogP contribution in [-0.2, 0) is 27.4 Å². The highest BCUT2D eigenvalue weighted by molar-refractivity contribution is 6.01. The summed E-state index contributed by atoms with van der Waals surface area (Å²) in [7, 11) is 2.01. The van der Waals surface area contributed by atoms with Gasteiger partial charge in [-0.05, 0) is 25.1 Å². The zero-order valence-corrected chi connectivity index (χ0v) is 15.9. The van der Waals surface area contributed by atoms with Crippen LogP contribution in [0.15, 0.2) is 30.3 Å². The molecule has 1 amide bonds. The number of aromatic nitrogens is 1. The van der Waals surface area contributed by atoms with Crippen LogP contribution in [0.4, 0.5) is 16.2 Å². The van der Waals surface area contributed by atoms with Gasteiger partial charge >= 0.3 is 6.09 Å². The van der Waals surface area contributed by atoms with Crippen molar-refractivity contribution in [1.82, 2.24) is 4.98 Å². The van der Waals surface area contributed by atoms with Crippen LogP contribution in [0.5, 0.6) is 0 Å². The molecule has 7 heteroatoms. The highest BCUT2D eigenvalue weighted by Gasteiger charge is 2.27. The number of ether oxygens (including phenoxy) is 3. The van der Waals surface area contributed by atoms with Crippen LogP contribution in [-0.4, -0.2) is 38.2 Å². The van der Waals surface area contributed by atoms with Crippen LogP contribution >= 0.6 is 0 Å². The first-order valence-corrected chi connectivity index (χ1v) is 9.36. The maximum Gasteiger partial charge on any atom is 0.416 e. The van der Waals surface area contributed by atoms with Gasteiger partial charge in [-0.1, -0.05) is 12.1 Å². The molecule has 0 saturated heterocycles. The predicted octanol–water partition coefficient (Wildman–Crippen LogP) is 3.76. The van der Waals surface area contributed by atoms with E-state index in [1.54, 1.807) is 6.92 Å². The van der Waals surface area contributed by atoms with E-state index in [0.29, 0.717) is 26.6 Å². The molecule has 1 aromatic heterocycles. The van der Waals surface area contributed by atoms with E-state index in [9.17, 15) is 4.79 Å². The fraction of sp³-hybridized carbons (Fsp3) is 0.333. The summed E-state index contributed by atoms with van der Waals surface area (Å²) in [6.07, 6.45) is -0.406. The summed E-state index contributed by atoms with van der Waals surface area (Å²) in [6, 6.07) is 10.3. The summed E-state index contributed by atoms with van der Waals surface area (Å²) >= 11 is 0. The molecule has 0 radical (unpaired) electrons. The monoisotopic (exact) mass is 379 g/mol. The standard InChI is InChI=1S/C21H21N3O4/c1-3-28-21(25)24-12-27-10-16-18(24)7-5-14-8-13-4-6-17-15(9-26-11-23(17)2)19(13)22-20(14)16/h4-8H,3,9-12H2,1-2H3. The second-order valence-electron chi connectivity index (χ2n) is 7.04. The van der Waals surface area contributed by atoms with Gasteiger partial charge in [-0.2, -0.15) is 0 Å².